The van der Waals surface area contributed by atoms with Crippen molar-refractivity contribution in [1.29, 1.82) is 0 Å². The molecule has 2 aromatic rings. The Hall–Kier alpha value is -2.33. The van der Waals surface area contributed by atoms with Crippen LogP contribution >= 0.6 is 0 Å². The quantitative estimate of drug-likeness (QED) is 0.397. The average molecular weight is 325 g/mol. The first-order chi connectivity index (χ1) is 11.8. The minimum atomic E-state index is 0.0640. The monoisotopic (exact) mass is 325 g/mol. The highest BCUT2D eigenvalue weighted by Gasteiger charge is 2.10. The van der Waals surface area contributed by atoms with E-state index in [0.29, 0.717) is 6.54 Å². The largest absolute Gasteiger partial charge is 0.396 e. The smallest absolute Gasteiger partial charge is 0.190 e. The van der Waals surface area contributed by atoms with Crippen LogP contribution in [0, 0.1) is 0 Å². The zero-order chi connectivity index (χ0) is 17.0. The number of aryl methyl sites for hydroxylation is 1. The minimum absolute atomic E-state index is 0.0640. The predicted molar refractivity (Wildman–Crippen MR) is 100 cm³/mol. The number of benzene rings is 2. The van der Waals surface area contributed by atoms with Gasteiger partial charge in [-0.05, 0) is 24.0 Å². The van der Waals surface area contributed by atoms with E-state index >= 15 is 0 Å². The number of rotatable bonds is 8. The molecule has 0 fully saturated rings. The van der Waals surface area contributed by atoms with Gasteiger partial charge in [0.1, 0.15) is 0 Å². The molecule has 4 heteroatoms. The number of aliphatic imine (C=N–C) groups is 1. The number of nitrogens with zero attached hydrogens (tertiary/aromatic N) is 1. The van der Waals surface area contributed by atoms with Gasteiger partial charge in [0.2, 0.25) is 0 Å². The highest BCUT2D eigenvalue weighted by Crippen LogP contribution is 2.13. The predicted octanol–water partition coefficient (Wildman–Crippen LogP) is 2.56. The molecule has 0 aliphatic carbocycles. The second kappa shape index (κ2) is 10.4. The van der Waals surface area contributed by atoms with Crippen LogP contribution in [0.2, 0.25) is 0 Å². The Morgan fingerprint density at radius 1 is 1.00 bits per heavy atom. The fourth-order valence-electron chi connectivity index (χ4n) is 2.60. The van der Waals surface area contributed by atoms with Crippen LogP contribution in [0.4, 0.5) is 0 Å². The first-order valence-electron chi connectivity index (χ1n) is 8.47. The molecule has 0 aliphatic heterocycles. The van der Waals surface area contributed by atoms with Gasteiger partial charge in [0.15, 0.2) is 5.96 Å². The van der Waals surface area contributed by atoms with Crippen molar-refractivity contribution in [2.45, 2.75) is 18.8 Å². The van der Waals surface area contributed by atoms with E-state index in [1.807, 2.05) is 36.4 Å². The fourth-order valence-corrected chi connectivity index (χ4v) is 2.60. The third-order valence-corrected chi connectivity index (χ3v) is 4.01. The van der Waals surface area contributed by atoms with Crippen molar-refractivity contribution in [3.63, 3.8) is 0 Å². The zero-order valence-electron chi connectivity index (χ0n) is 14.3. The van der Waals surface area contributed by atoms with E-state index in [0.717, 1.165) is 30.9 Å². The lowest BCUT2D eigenvalue weighted by atomic mass is 10.0. The minimum Gasteiger partial charge on any atom is -0.396 e. The molecule has 0 heterocycles. The van der Waals surface area contributed by atoms with Crippen molar-refractivity contribution in [1.82, 2.24) is 10.6 Å². The summed E-state index contributed by atoms with van der Waals surface area (Å²) in [5.41, 5.74) is 2.48. The molecule has 128 valence electrons. The van der Waals surface area contributed by atoms with Gasteiger partial charge in [-0.25, -0.2) is 0 Å². The van der Waals surface area contributed by atoms with E-state index < -0.39 is 0 Å². The number of aliphatic hydroxyl groups excluding tert-OH is 1. The van der Waals surface area contributed by atoms with Crippen molar-refractivity contribution in [2.75, 3.05) is 26.7 Å². The van der Waals surface area contributed by atoms with Crippen LogP contribution in [0.3, 0.4) is 0 Å². The molecule has 0 bridgehead atoms. The number of nitrogens with one attached hydrogen (secondary N) is 2. The molecule has 3 N–H and O–H groups in total. The molecule has 1 atom stereocenters. The molecule has 2 aromatic carbocycles. The molecule has 0 aliphatic rings. The molecule has 0 saturated heterocycles. The van der Waals surface area contributed by atoms with Gasteiger partial charge in [-0.3, -0.25) is 4.99 Å². The molecule has 0 saturated carbocycles. The molecular weight excluding hydrogens is 298 g/mol. The Kier molecular flexibility index (Phi) is 7.84. The Morgan fingerprint density at radius 2 is 1.67 bits per heavy atom. The second-order valence-corrected chi connectivity index (χ2v) is 5.76. The van der Waals surface area contributed by atoms with Gasteiger partial charge < -0.3 is 15.7 Å². The summed E-state index contributed by atoms with van der Waals surface area (Å²) in [6.45, 7) is 1.63. The number of guanidine groups is 1. The Labute approximate surface area is 144 Å². The molecule has 0 amide bonds. The maximum atomic E-state index is 9.60. The Morgan fingerprint density at radius 3 is 2.29 bits per heavy atom. The van der Waals surface area contributed by atoms with Crippen LogP contribution in [0.15, 0.2) is 65.7 Å². The van der Waals surface area contributed by atoms with Gasteiger partial charge >= 0.3 is 0 Å². The van der Waals surface area contributed by atoms with E-state index in [9.17, 15) is 5.11 Å². The van der Waals surface area contributed by atoms with Crippen LogP contribution in [0.25, 0.3) is 0 Å². The molecule has 2 rings (SSSR count). The highest BCUT2D eigenvalue weighted by atomic mass is 16.3. The first-order valence-corrected chi connectivity index (χ1v) is 8.47. The highest BCUT2D eigenvalue weighted by molar-refractivity contribution is 5.79. The summed E-state index contributed by atoms with van der Waals surface area (Å²) in [5.74, 6) is 0.839. The lowest BCUT2D eigenvalue weighted by Gasteiger charge is -2.18. The summed E-state index contributed by atoms with van der Waals surface area (Å²) in [5, 5.41) is 16.2. The molecule has 0 spiro atoms. The van der Waals surface area contributed by atoms with Crippen molar-refractivity contribution in [3.05, 3.63) is 71.8 Å². The van der Waals surface area contributed by atoms with Gasteiger partial charge in [0.05, 0.1) is 6.61 Å². The summed E-state index contributed by atoms with van der Waals surface area (Å²) >= 11 is 0. The zero-order valence-corrected chi connectivity index (χ0v) is 14.3. The summed E-state index contributed by atoms with van der Waals surface area (Å²) in [4.78, 5) is 4.25. The van der Waals surface area contributed by atoms with Crippen molar-refractivity contribution >= 4 is 5.96 Å². The fraction of sp³-hybridized carbons (Fsp3) is 0.350. The van der Waals surface area contributed by atoms with Crippen molar-refractivity contribution in [3.8, 4) is 0 Å². The SMILES string of the molecule is CN=C(NCCCc1ccccc1)NCC(CO)c1ccccc1. The van der Waals surface area contributed by atoms with Gasteiger partial charge in [-0.1, -0.05) is 60.7 Å². The topological polar surface area (TPSA) is 56.7 Å². The second-order valence-electron chi connectivity index (χ2n) is 5.76. The maximum absolute atomic E-state index is 9.60. The third-order valence-electron chi connectivity index (χ3n) is 4.01. The van der Waals surface area contributed by atoms with Gasteiger partial charge in [0.25, 0.3) is 0 Å². The molecule has 0 aromatic heterocycles. The van der Waals surface area contributed by atoms with Gasteiger partial charge in [0, 0.05) is 26.1 Å². The maximum Gasteiger partial charge on any atom is 0.190 e. The van der Waals surface area contributed by atoms with Crippen LogP contribution in [0.1, 0.15) is 23.5 Å². The van der Waals surface area contributed by atoms with Crippen LogP contribution < -0.4 is 10.6 Å². The molecule has 4 nitrogen and oxygen atoms in total. The molecule has 24 heavy (non-hydrogen) atoms. The standard InChI is InChI=1S/C20H27N3O/c1-21-20(22-14-8-11-17-9-4-2-5-10-17)23-15-19(16-24)18-12-6-3-7-13-18/h2-7,9-10,12-13,19,24H,8,11,14-16H2,1H3,(H2,21,22,23). The van der Waals surface area contributed by atoms with Crippen LogP contribution in [0.5, 0.6) is 0 Å². The number of hydrogen-bond donors (Lipinski definition) is 3. The third kappa shape index (κ3) is 6.05. The molecular formula is C20H27N3O. The van der Waals surface area contributed by atoms with E-state index in [2.05, 4.69) is 39.9 Å². The van der Waals surface area contributed by atoms with Crippen molar-refractivity contribution < 1.29 is 5.11 Å². The Bertz CT molecular complexity index is 599. The lowest BCUT2D eigenvalue weighted by molar-refractivity contribution is 0.265. The van der Waals surface area contributed by atoms with Crippen molar-refractivity contribution in [2.24, 2.45) is 4.99 Å². The van der Waals surface area contributed by atoms with Gasteiger partial charge in [-0.2, -0.15) is 0 Å². The van der Waals surface area contributed by atoms with E-state index in [-0.39, 0.29) is 12.5 Å². The Balaban J connectivity index is 1.72. The number of hydrogen-bond acceptors (Lipinski definition) is 2. The summed E-state index contributed by atoms with van der Waals surface area (Å²) < 4.78 is 0. The van der Waals surface area contributed by atoms with Gasteiger partial charge in [-0.15, -0.1) is 0 Å². The summed E-state index contributed by atoms with van der Waals surface area (Å²) in [6.07, 6.45) is 2.10. The van der Waals surface area contributed by atoms with E-state index in [1.165, 1.54) is 5.56 Å². The lowest BCUT2D eigenvalue weighted by Crippen LogP contribution is -2.40. The summed E-state index contributed by atoms with van der Waals surface area (Å²) in [7, 11) is 1.77. The molecule has 1 unspecified atom stereocenters. The van der Waals surface area contributed by atoms with Crippen LogP contribution in [-0.2, 0) is 6.42 Å². The van der Waals surface area contributed by atoms with E-state index in [1.54, 1.807) is 7.05 Å². The first kappa shape index (κ1) is 18.0. The normalized spacial score (nSPS) is 12.7. The summed E-state index contributed by atoms with van der Waals surface area (Å²) in [6, 6.07) is 20.5. The average Bonchev–Trinajstić information content (AvgIpc) is 2.65. The van der Waals surface area contributed by atoms with Crippen LogP contribution in [-0.4, -0.2) is 37.8 Å². The molecule has 0 radical (unpaired) electrons. The number of aliphatic hydroxyl groups is 1. The van der Waals surface area contributed by atoms with E-state index in [4.69, 9.17) is 0 Å².